The van der Waals surface area contributed by atoms with Crippen LogP contribution in [0.25, 0.3) is 10.9 Å². The van der Waals surface area contributed by atoms with E-state index in [2.05, 4.69) is 4.98 Å². The van der Waals surface area contributed by atoms with Gasteiger partial charge in [-0.05, 0) is 44.4 Å². The van der Waals surface area contributed by atoms with Gasteiger partial charge >= 0.3 is 6.18 Å². The molecule has 0 radical (unpaired) electrons. The van der Waals surface area contributed by atoms with Crippen molar-refractivity contribution in [2.45, 2.75) is 19.3 Å². The van der Waals surface area contributed by atoms with Gasteiger partial charge in [0.2, 0.25) is 0 Å². The molecule has 2 aromatic heterocycles. The van der Waals surface area contributed by atoms with Crippen LogP contribution in [0.2, 0.25) is 0 Å². The second-order valence-electron chi connectivity index (χ2n) is 7.22. The molecule has 3 aromatic rings. The minimum Gasteiger partial charge on any atom is -0.486 e. The summed E-state index contributed by atoms with van der Waals surface area (Å²) in [5.74, 6) is -1.06. The second kappa shape index (κ2) is 8.60. The van der Waals surface area contributed by atoms with Crippen molar-refractivity contribution in [3.8, 4) is 5.75 Å². The Kier molecular flexibility index (Phi) is 6.27. The summed E-state index contributed by atoms with van der Waals surface area (Å²) in [7, 11) is 5.19. The third kappa shape index (κ3) is 5.00. The van der Waals surface area contributed by atoms with Crippen molar-refractivity contribution in [3.05, 3.63) is 51.3 Å². The lowest BCUT2D eigenvalue weighted by atomic mass is 10.1. The van der Waals surface area contributed by atoms with E-state index in [1.54, 1.807) is 11.3 Å². The van der Waals surface area contributed by atoms with Crippen molar-refractivity contribution in [3.63, 3.8) is 0 Å². The number of hydrogen-bond donors (Lipinski definition) is 3. The number of carbonyl (C=O) groups excluding carboxylic acids is 1. The Morgan fingerprint density at radius 3 is 2.48 bits per heavy atom. The fourth-order valence-corrected chi connectivity index (χ4v) is 4.06. The van der Waals surface area contributed by atoms with Gasteiger partial charge in [0.1, 0.15) is 18.1 Å². The first kappa shape index (κ1) is 22.6. The van der Waals surface area contributed by atoms with Gasteiger partial charge in [0.15, 0.2) is 5.96 Å². The van der Waals surface area contributed by atoms with Gasteiger partial charge in [-0.3, -0.25) is 15.1 Å². The molecule has 0 fully saturated rings. The molecule has 0 spiro atoms. The van der Waals surface area contributed by atoms with Gasteiger partial charge in [-0.1, -0.05) is 0 Å². The number of nitrogens with zero attached hydrogens (tertiary/aromatic N) is 2. The number of amides is 1. The number of halogens is 3. The standard InChI is InChI=1S/C20H22F3N5O2S/c1-27(2)9-11-4-5-12(31-11)10-30-16-7-6-14(20(21,22)23)13-8-15(26-17(13)16)18(29)28(3)19(24)25/h4-8,26H,9-10H2,1-3H3,(H3,24,25). The Morgan fingerprint density at radius 1 is 1.19 bits per heavy atom. The number of ether oxygens (including phenoxy) is 1. The molecular weight excluding hydrogens is 431 g/mol. The second-order valence-corrected chi connectivity index (χ2v) is 8.48. The van der Waals surface area contributed by atoms with Crippen molar-refractivity contribution < 1.29 is 22.7 Å². The highest BCUT2D eigenvalue weighted by Gasteiger charge is 2.34. The zero-order chi connectivity index (χ0) is 22.9. The van der Waals surface area contributed by atoms with Crippen LogP contribution in [0.3, 0.4) is 0 Å². The molecule has 166 valence electrons. The molecular formula is C20H22F3N5O2S. The number of benzene rings is 1. The highest BCUT2D eigenvalue weighted by molar-refractivity contribution is 7.11. The number of hydrogen-bond acceptors (Lipinski definition) is 5. The first-order valence-electron chi connectivity index (χ1n) is 9.17. The summed E-state index contributed by atoms with van der Waals surface area (Å²) in [5, 5.41) is 7.18. The molecule has 4 N–H and O–H groups in total. The Balaban J connectivity index is 1.95. The van der Waals surface area contributed by atoms with Gasteiger partial charge in [0.25, 0.3) is 5.91 Å². The lowest BCUT2D eigenvalue weighted by Crippen LogP contribution is -2.38. The number of nitrogens with one attached hydrogen (secondary N) is 2. The van der Waals surface area contributed by atoms with Gasteiger partial charge < -0.3 is 20.4 Å². The van der Waals surface area contributed by atoms with E-state index in [0.29, 0.717) is 0 Å². The van der Waals surface area contributed by atoms with Crippen LogP contribution in [0.15, 0.2) is 30.3 Å². The van der Waals surface area contributed by atoms with Gasteiger partial charge in [-0.2, -0.15) is 13.2 Å². The van der Waals surface area contributed by atoms with E-state index in [1.807, 2.05) is 31.1 Å². The minimum atomic E-state index is -4.61. The molecule has 0 saturated carbocycles. The molecule has 0 unspecified atom stereocenters. The quantitative estimate of drug-likeness (QED) is 0.390. The molecule has 3 rings (SSSR count). The summed E-state index contributed by atoms with van der Waals surface area (Å²) in [5.41, 5.74) is 4.35. The Labute approximate surface area is 180 Å². The fourth-order valence-electron chi connectivity index (χ4n) is 3.01. The number of H-pyrrole nitrogens is 1. The lowest BCUT2D eigenvalue weighted by molar-refractivity contribution is -0.136. The van der Waals surface area contributed by atoms with Crippen LogP contribution in [0.4, 0.5) is 13.2 Å². The van der Waals surface area contributed by atoms with Crippen LogP contribution in [-0.2, 0) is 19.3 Å². The van der Waals surface area contributed by atoms with Gasteiger partial charge in [-0.25, -0.2) is 0 Å². The Morgan fingerprint density at radius 2 is 1.87 bits per heavy atom. The van der Waals surface area contributed by atoms with E-state index in [4.69, 9.17) is 15.9 Å². The zero-order valence-corrected chi connectivity index (χ0v) is 17.9. The van der Waals surface area contributed by atoms with E-state index in [1.165, 1.54) is 13.1 Å². The number of aromatic nitrogens is 1. The molecule has 0 atom stereocenters. The Bertz CT molecular complexity index is 1120. The summed E-state index contributed by atoms with van der Waals surface area (Å²) in [6.07, 6.45) is -4.61. The molecule has 31 heavy (non-hydrogen) atoms. The number of fused-ring (bicyclic) bond motifs is 1. The monoisotopic (exact) mass is 453 g/mol. The van der Waals surface area contributed by atoms with Gasteiger partial charge in [-0.15, -0.1) is 11.3 Å². The topological polar surface area (TPSA) is 98.4 Å². The maximum absolute atomic E-state index is 13.5. The van der Waals surface area contributed by atoms with Crippen molar-refractivity contribution in [1.29, 1.82) is 5.41 Å². The number of thiophene rings is 1. The summed E-state index contributed by atoms with van der Waals surface area (Å²) >= 11 is 1.56. The van der Waals surface area contributed by atoms with E-state index >= 15 is 0 Å². The maximum atomic E-state index is 13.5. The van der Waals surface area contributed by atoms with Crippen molar-refractivity contribution >= 4 is 34.1 Å². The van der Waals surface area contributed by atoms with Crippen LogP contribution in [0.1, 0.15) is 25.8 Å². The largest absolute Gasteiger partial charge is 0.486 e. The number of rotatable bonds is 6. The van der Waals surface area contributed by atoms with Gasteiger partial charge in [0.05, 0.1) is 11.1 Å². The number of aromatic amines is 1. The average molecular weight is 453 g/mol. The van der Waals surface area contributed by atoms with E-state index in [-0.39, 0.29) is 29.0 Å². The van der Waals surface area contributed by atoms with Crippen molar-refractivity contribution in [1.82, 2.24) is 14.8 Å². The smallest absolute Gasteiger partial charge is 0.417 e. The van der Waals surface area contributed by atoms with Crippen molar-refractivity contribution in [2.24, 2.45) is 5.73 Å². The molecule has 2 heterocycles. The number of carbonyl (C=O) groups is 1. The number of guanidine groups is 1. The predicted molar refractivity (Wildman–Crippen MR) is 113 cm³/mol. The lowest BCUT2D eigenvalue weighted by Gasteiger charge is -2.12. The van der Waals surface area contributed by atoms with Crippen molar-refractivity contribution in [2.75, 3.05) is 21.1 Å². The molecule has 0 aliphatic rings. The van der Waals surface area contributed by atoms with E-state index in [0.717, 1.165) is 33.3 Å². The highest BCUT2D eigenvalue weighted by atomic mass is 32.1. The summed E-state index contributed by atoms with van der Waals surface area (Å²) in [6, 6.07) is 7.16. The molecule has 0 saturated heterocycles. The minimum absolute atomic E-state index is 0.0557. The first-order valence-corrected chi connectivity index (χ1v) is 9.99. The molecule has 11 heteroatoms. The summed E-state index contributed by atoms with van der Waals surface area (Å²) < 4.78 is 46.3. The molecule has 1 amide bonds. The van der Waals surface area contributed by atoms with Crippen LogP contribution < -0.4 is 10.5 Å². The third-order valence-electron chi connectivity index (χ3n) is 4.52. The first-order chi connectivity index (χ1) is 14.5. The molecule has 7 nitrogen and oxygen atoms in total. The highest BCUT2D eigenvalue weighted by Crippen LogP contribution is 2.39. The molecule has 0 aliphatic heterocycles. The van der Waals surface area contributed by atoms with E-state index < -0.39 is 23.6 Å². The van der Waals surface area contributed by atoms with Crippen LogP contribution in [-0.4, -0.2) is 47.8 Å². The number of alkyl halides is 3. The predicted octanol–water partition coefficient (Wildman–Crippen LogP) is 3.85. The number of nitrogens with two attached hydrogens (primary N) is 1. The zero-order valence-electron chi connectivity index (χ0n) is 17.1. The summed E-state index contributed by atoms with van der Waals surface area (Å²) in [6.45, 7) is 0.954. The molecule has 0 bridgehead atoms. The van der Waals surface area contributed by atoms with Gasteiger partial charge in [0, 0.05) is 28.7 Å². The molecule has 0 aliphatic carbocycles. The van der Waals surface area contributed by atoms with Crippen LogP contribution >= 0.6 is 11.3 Å². The third-order valence-corrected chi connectivity index (χ3v) is 5.56. The van der Waals surface area contributed by atoms with Crippen LogP contribution in [0.5, 0.6) is 5.75 Å². The average Bonchev–Trinajstić information content (AvgIpc) is 3.30. The Hall–Kier alpha value is -3.05. The SMILES string of the molecule is CN(C)Cc1ccc(COc2ccc(C(F)(F)F)c3cc(C(=O)N(C)C(=N)N)[nH]c23)s1. The molecule has 1 aromatic carbocycles. The maximum Gasteiger partial charge on any atom is 0.417 e. The normalized spacial score (nSPS) is 11.8. The van der Waals surface area contributed by atoms with Crippen LogP contribution in [0, 0.1) is 5.41 Å². The fraction of sp³-hybridized carbons (Fsp3) is 0.300. The summed E-state index contributed by atoms with van der Waals surface area (Å²) in [4.78, 5) is 20.1. The van der Waals surface area contributed by atoms with E-state index in [9.17, 15) is 18.0 Å².